The van der Waals surface area contributed by atoms with Gasteiger partial charge in [0, 0.05) is 42.3 Å². The lowest BCUT2D eigenvalue weighted by molar-refractivity contribution is 0.189. The number of nitrogens with zero attached hydrogens (tertiary/aromatic N) is 2. The van der Waals surface area contributed by atoms with Crippen LogP contribution in [0.3, 0.4) is 0 Å². The number of aromatic amines is 2. The zero-order valence-electron chi connectivity index (χ0n) is 18.6. The van der Waals surface area contributed by atoms with Crippen LogP contribution in [-0.4, -0.2) is 39.1 Å². The fourth-order valence-electron chi connectivity index (χ4n) is 5.42. The van der Waals surface area contributed by atoms with Crippen LogP contribution in [0.2, 0.25) is 0 Å². The highest BCUT2D eigenvalue weighted by molar-refractivity contribution is 5.90. The van der Waals surface area contributed by atoms with E-state index in [0.29, 0.717) is 0 Å². The summed E-state index contributed by atoms with van der Waals surface area (Å²) in [5.74, 6) is 0. The van der Waals surface area contributed by atoms with Crippen molar-refractivity contribution < 1.29 is 0 Å². The van der Waals surface area contributed by atoms with Gasteiger partial charge in [0.2, 0.25) is 0 Å². The van der Waals surface area contributed by atoms with Gasteiger partial charge in [0.05, 0.1) is 11.0 Å². The van der Waals surface area contributed by atoms with Crippen molar-refractivity contribution in [2.45, 2.75) is 25.3 Å². The van der Waals surface area contributed by atoms with Crippen molar-refractivity contribution in [2.75, 3.05) is 19.6 Å². The first kappa shape index (κ1) is 20.1. The summed E-state index contributed by atoms with van der Waals surface area (Å²) in [5.41, 5.74) is 7.03. The first-order valence-corrected chi connectivity index (χ1v) is 11.8. The summed E-state index contributed by atoms with van der Waals surface area (Å²) in [6.45, 7) is 3.05. The first-order valence-electron chi connectivity index (χ1n) is 11.8. The summed E-state index contributed by atoms with van der Waals surface area (Å²) in [6.07, 6.45) is 3.01. The van der Waals surface area contributed by atoms with E-state index in [2.05, 4.69) is 69.5 Å². The Bertz CT molecular complexity index is 1450. The fraction of sp³-hybridized carbons (Fsp3) is 0.250. The van der Waals surface area contributed by atoms with Crippen LogP contribution in [0.1, 0.15) is 24.4 Å². The van der Waals surface area contributed by atoms with E-state index in [0.717, 1.165) is 49.9 Å². The molecule has 2 N–H and O–H groups in total. The van der Waals surface area contributed by atoms with Gasteiger partial charge in [-0.25, -0.2) is 4.79 Å². The second-order valence-electron chi connectivity index (χ2n) is 9.03. The summed E-state index contributed by atoms with van der Waals surface area (Å²) in [6, 6.07) is 27.5. The van der Waals surface area contributed by atoms with E-state index in [1.165, 1.54) is 27.7 Å². The summed E-state index contributed by atoms with van der Waals surface area (Å²) in [7, 11) is 0. The average molecular weight is 437 g/mol. The van der Waals surface area contributed by atoms with Crippen molar-refractivity contribution >= 4 is 21.9 Å². The van der Waals surface area contributed by atoms with Crippen LogP contribution in [0.4, 0.5) is 0 Å². The zero-order chi connectivity index (χ0) is 22.2. The van der Waals surface area contributed by atoms with E-state index >= 15 is 0 Å². The maximum absolute atomic E-state index is 12.6. The third-order valence-electron chi connectivity index (χ3n) is 7.10. The molecule has 166 valence electrons. The molecule has 6 rings (SSSR count). The van der Waals surface area contributed by atoms with E-state index in [9.17, 15) is 4.79 Å². The molecule has 5 heteroatoms. The number of hydrogen-bond donors (Lipinski definition) is 2. The van der Waals surface area contributed by atoms with E-state index in [1.807, 2.05) is 28.8 Å². The van der Waals surface area contributed by atoms with E-state index in [-0.39, 0.29) is 11.7 Å². The Morgan fingerprint density at radius 3 is 2.30 bits per heavy atom. The molecule has 0 atom stereocenters. The quantitative estimate of drug-likeness (QED) is 0.390. The number of fused-ring (bicyclic) bond motifs is 2. The van der Waals surface area contributed by atoms with Crippen LogP contribution >= 0.6 is 0 Å². The number of nitrogens with one attached hydrogen (secondary N) is 2. The molecule has 33 heavy (non-hydrogen) atoms. The van der Waals surface area contributed by atoms with Crippen molar-refractivity contribution in [1.29, 1.82) is 0 Å². The summed E-state index contributed by atoms with van der Waals surface area (Å²) < 4.78 is 1.97. The van der Waals surface area contributed by atoms with Crippen LogP contribution in [0, 0.1) is 0 Å². The highest BCUT2D eigenvalue weighted by atomic mass is 16.1. The number of benzene rings is 3. The van der Waals surface area contributed by atoms with Gasteiger partial charge in [0.15, 0.2) is 0 Å². The Labute approximate surface area is 192 Å². The van der Waals surface area contributed by atoms with Gasteiger partial charge in [-0.05, 0) is 48.6 Å². The minimum atomic E-state index is 0.0148. The Hall–Kier alpha value is -3.57. The maximum Gasteiger partial charge on any atom is 0.326 e. The van der Waals surface area contributed by atoms with Crippen molar-refractivity contribution in [1.82, 2.24) is 19.4 Å². The molecule has 0 radical (unpaired) electrons. The van der Waals surface area contributed by atoms with Crippen molar-refractivity contribution in [3.05, 3.63) is 94.9 Å². The van der Waals surface area contributed by atoms with E-state index in [1.54, 1.807) is 0 Å². The van der Waals surface area contributed by atoms with Crippen LogP contribution in [0.15, 0.2) is 83.7 Å². The number of imidazole rings is 1. The van der Waals surface area contributed by atoms with Gasteiger partial charge in [-0.2, -0.15) is 0 Å². The first-order chi connectivity index (χ1) is 16.3. The maximum atomic E-state index is 12.6. The number of rotatable bonds is 5. The molecule has 1 aliphatic heterocycles. The number of piperidine rings is 1. The van der Waals surface area contributed by atoms with Gasteiger partial charge in [0.1, 0.15) is 0 Å². The molecule has 3 heterocycles. The number of para-hydroxylation sites is 3. The molecule has 3 aromatic carbocycles. The highest BCUT2D eigenvalue weighted by Gasteiger charge is 2.24. The minimum absolute atomic E-state index is 0.0148. The molecule has 0 spiro atoms. The lowest BCUT2D eigenvalue weighted by atomic mass is 10.0. The second-order valence-corrected chi connectivity index (χ2v) is 9.03. The van der Waals surface area contributed by atoms with Crippen molar-refractivity contribution in [3.63, 3.8) is 0 Å². The number of hydrogen-bond acceptors (Lipinski definition) is 2. The largest absolute Gasteiger partial charge is 0.354 e. The highest BCUT2D eigenvalue weighted by Crippen LogP contribution is 2.31. The Balaban J connectivity index is 1.19. The lowest BCUT2D eigenvalue weighted by Gasteiger charge is -2.32. The smallest absolute Gasteiger partial charge is 0.326 e. The molecule has 1 saturated heterocycles. The summed E-state index contributed by atoms with van der Waals surface area (Å²) in [5, 5.41) is 1.32. The number of aromatic nitrogens is 3. The molecule has 0 unspecified atom stereocenters. The lowest BCUT2D eigenvalue weighted by Crippen LogP contribution is -2.38. The number of likely N-dealkylation sites (tertiary alicyclic amines) is 1. The Kier molecular flexibility index (Phi) is 5.11. The summed E-state index contributed by atoms with van der Waals surface area (Å²) in [4.78, 5) is 21.8. The van der Waals surface area contributed by atoms with Crippen molar-refractivity contribution in [3.8, 4) is 11.3 Å². The predicted octanol–water partition coefficient (Wildman–Crippen LogP) is 5.36. The van der Waals surface area contributed by atoms with Gasteiger partial charge in [-0.3, -0.25) is 4.57 Å². The standard InChI is InChI=1S/C28H28N4O/c33-28-30-25-12-6-7-13-26(25)32(28)21-14-17-31(18-15-21)19-16-23-22-10-4-5-11-24(22)29-27(23)20-8-2-1-3-9-20/h1-13,21,29H,14-19H2,(H,30,33). The third kappa shape index (κ3) is 3.68. The zero-order valence-corrected chi connectivity index (χ0v) is 18.6. The van der Waals surface area contributed by atoms with Crippen LogP contribution in [0.25, 0.3) is 33.2 Å². The monoisotopic (exact) mass is 436 g/mol. The topological polar surface area (TPSA) is 56.8 Å². The molecule has 0 bridgehead atoms. The van der Waals surface area contributed by atoms with Gasteiger partial charge < -0.3 is 14.9 Å². The third-order valence-corrected chi connectivity index (χ3v) is 7.10. The molecule has 5 aromatic rings. The number of H-pyrrole nitrogens is 2. The average Bonchev–Trinajstić information content (AvgIpc) is 3.40. The summed E-state index contributed by atoms with van der Waals surface area (Å²) >= 11 is 0. The molecule has 1 aliphatic rings. The molecular weight excluding hydrogens is 408 g/mol. The Morgan fingerprint density at radius 1 is 0.788 bits per heavy atom. The second kappa shape index (κ2) is 8.41. The van der Waals surface area contributed by atoms with Crippen LogP contribution < -0.4 is 5.69 Å². The van der Waals surface area contributed by atoms with Crippen LogP contribution in [0.5, 0.6) is 0 Å². The molecule has 1 fully saturated rings. The van der Waals surface area contributed by atoms with Gasteiger partial charge in [-0.15, -0.1) is 0 Å². The molecule has 0 saturated carbocycles. The molecule has 0 amide bonds. The SMILES string of the molecule is O=c1[nH]c2ccccc2n1C1CCN(CCc2c(-c3ccccc3)[nH]c3ccccc23)CC1. The molecule has 5 nitrogen and oxygen atoms in total. The van der Waals surface area contributed by atoms with Gasteiger partial charge in [0.25, 0.3) is 0 Å². The normalized spacial score (nSPS) is 15.5. The van der Waals surface area contributed by atoms with Gasteiger partial charge >= 0.3 is 5.69 Å². The van der Waals surface area contributed by atoms with Gasteiger partial charge in [-0.1, -0.05) is 60.7 Å². The fourth-order valence-corrected chi connectivity index (χ4v) is 5.42. The van der Waals surface area contributed by atoms with E-state index < -0.39 is 0 Å². The molecule has 0 aliphatic carbocycles. The molecular formula is C28H28N4O. The minimum Gasteiger partial charge on any atom is -0.354 e. The van der Waals surface area contributed by atoms with Crippen LogP contribution in [-0.2, 0) is 6.42 Å². The van der Waals surface area contributed by atoms with E-state index in [4.69, 9.17) is 0 Å². The predicted molar refractivity (Wildman–Crippen MR) is 135 cm³/mol. The van der Waals surface area contributed by atoms with Crippen molar-refractivity contribution in [2.24, 2.45) is 0 Å². The molecule has 2 aromatic heterocycles. The Morgan fingerprint density at radius 2 is 1.48 bits per heavy atom.